The number of ether oxygens (including phenoxy) is 19. The van der Waals surface area contributed by atoms with Gasteiger partial charge in [-0.15, -0.1) is 0 Å². The van der Waals surface area contributed by atoms with E-state index in [1.165, 1.54) is 114 Å². The molecule has 0 saturated heterocycles. The minimum Gasteiger partial charge on any atom is -0.499 e. The van der Waals surface area contributed by atoms with Crippen LogP contribution in [0.5, 0.6) is 63.2 Å². The van der Waals surface area contributed by atoms with E-state index in [0.717, 1.165) is 127 Å². The summed E-state index contributed by atoms with van der Waals surface area (Å²) in [4.78, 5) is 0. The Bertz CT molecular complexity index is 7620. The van der Waals surface area contributed by atoms with E-state index in [1.807, 2.05) is 164 Å². The molecule has 0 amide bonds. The molecule has 0 spiro atoms. The summed E-state index contributed by atoms with van der Waals surface area (Å²) in [5.74, 6) is 9.10. The summed E-state index contributed by atoms with van der Waals surface area (Å²) >= 11 is 0. The molecule has 0 N–H and O–H groups in total. The smallest absolute Gasteiger partial charge is 0.168 e. The van der Waals surface area contributed by atoms with Gasteiger partial charge in [-0.1, -0.05) is 283 Å². The van der Waals surface area contributed by atoms with Gasteiger partial charge in [0.15, 0.2) is 11.5 Å². The zero-order valence-corrected chi connectivity index (χ0v) is 82.5. The number of methoxy groups -OCH3 is 5. The second-order valence-electron chi connectivity index (χ2n) is 32.3. The molecular formula is C126H120O19. The SMILES string of the molecule is C=COCCOCc1c2ccccc2cc2ccccc12.C=COCCOc1c2ccccc2c(OC)c2ccccc12.C=COCCOc1c2ccccc2cc2c(OC)c(OC)ccc12.C=COCCOc1cc2ccccc2c2ccccc12.C=COCCOc1ccc2cc(OC)ccc2c1.C=COCCOc1ccc2ccc(OC)cc2c1.C=COCCOc1ccc2ccc3cccc4ccc1c2c34. The quantitative estimate of drug-likeness (QED) is 0.0153. The average Bonchev–Trinajstić information content (AvgIpc) is 0.738. The van der Waals surface area contributed by atoms with Gasteiger partial charge in [-0.05, 0) is 183 Å². The zero-order chi connectivity index (χ0) is 101. The van der Waals surface area contributed by atoms with E-state index >= 15 is 0 Å². The second kappa shape index (κ2) is 54.4. The van der Waals surface area contributed by atoms with E-state index < -0.39 is 0 Å². The van der Waals surface area contributed by atoms with Crippen LogP contribution in [0, 0.1) is 0 Å². The van der Waals surface area contributed by atoms with Crippen molar-refractivity contribution >= 4 is 140 Å². The Kier molecular flexibility index (Phi) is 38.8. The second-order valence-corrected chi connectivity index (χ2v) is 32.3. The van der Waals surface area contributed by atoms with Gasteiger partial charge in [-0.3, -0.25) is 0 Å². The van der Waals surface area contributed by atoms with Crippen molar-refractivity contribution in [2.45, 2.75) is 6.61 Å². The third-order valence-corrected chi connectivity index (χ3v) is 23.7. The van der Waals surface area contributed by atoms with E-state index in [9.17, 15) is 0 Å². The van der Waals surface area contributed by atoms with Crippen LogP contribution in [-0.4, -0.2) is 128 Å². The molecule has 145 heavy (non-hydrogen) atoms. The molecule has 20 aromatic carbocycles. The maximum absolute atomic E-state index is 6.04. The standard InChI is InChI=1S/C20H20O4.C20H16O2.C19H18O3.C19H18O2.C18H16O2.2C15H16O3/c1-4-23-11-12-24-19-15-8-6-5-7-14(15)13-17-16(19)9-10-18(21-2)20(17)22-3;1-2-21-12-13-22-18-11-9-16-7-6-14-4-3-5-15-8-10-17(18)20(16)19(14)15;1-3-21-12-13-22-19-16-10-6-4-8-14(16)18(20-2)15-9-5-7-11-17(15)19;1-2-20-11-12-21-14-19-17-9-5-3-7-15(17)13-16-8-4-6-10-18(16)19;1-2-19-11-12-20-18-13-14-7-3-4-8-15(14)16-9-5-6-10-17(16)18;1-3-17-8-9-18-15-7-5-12-10-14(16-2)6-4-13(12)11-15;1-3-17-8-9-18-15-7-5-12-4-6-14(16-2)10-13(12)11-15/h4-10,13H,1,11-12H2,2-3H3;2-11H,1,12-13H2;3-11H,1,12-13H2,2H3;2-10,13H,1,11-12,14H2;2-10,13H,1,11-12H2;2*3-7,10-11H,1,8-9H2,2H3. The van der Waals surface area contributed by atoms with Gasteiger partial charge in [0.2, 0.25) is 0 Å². The van der Waals surface area contributed by atoms with Crippen molar-refractivity contribution in [1.82, 2.24) is 0 Å². The minimum atomic E-state index is 0.434. The van der Waals surface area contributed by atoms with Crippen LogP contribution in [0.1, 0.15) is 5.56 Å². The van der Waals surface area contributed by atoms with E-state index in [2.05, 4.69) is 210 Å². The molecular weight excluding hydrogens is 1820 g/mol. The zero-order valence-electron chi connectivity index (χ0n) is 82.5. The summed E-state index contributed by atoms with van der Waals surface area (Å²) < 4.78 is 103. The highest BCUT2D eigenvalue weighted by Gasteiger charge is 2.20. The predicted molar refractivity (Wildman–Crippen MR) is 592 cm³/mol. The molecule has 0 saturated carbocycles. The van der Waals surface area contributed by atoms with Crippen molar-refractivity contribution in [1.29, 1.82) is 0 Å². The van der Waals surface area contributed by atoms with Gasteiger partial charge in [-0.2, -0.15) is 0 Å². The van der Waals surface area contributed by atoms with Crippen LogP contribution in [-0.2, 0) is 44.5 Å². The Morgan fingerprint density at radius 1 is 0.179 bits per heavy atom. The monoisotopic (exact) mass is 1940 g/mol. The van der Waals surface area contributed by atoms with Crippen LogP contribution in [0.15, 0.2) is 417 Å². The van der Waals surface area contributed by atoms with Gasteiger partial charge < -0.3 is 90.0 Å². The lowest BCUT2D eigenvalue weighted by atomic mass is 9.94. The Hall–Kier alpha value is -17.4. The van der Waals surface area contributed by atoms with Gasteiger partial charge >= 0.3 is 0 Å². The van der Waals surface area contributed by atoms with Gasteiger partial charge in [0.1, 0.15) is 138 Å². The maximum atomic E-state index is 6.04. The molecule has 738 valence electrons. The van der Waals surface area contributed by atoms with Crippen LogP contribution in [0.4, 0.5) is 0 Å². The first-order valence-electron chi connectivity index (χ1n) is 47.6. The lowest BCUT2D eigenvalue weighted by molar-refractivity contribution is 0.0761. The molecule has 0 atom stereocenters. The fourth-order valence-electron chi connectivity index (χ4n) is 17.1. The molecule has 20 rings (SSSR count). The van der Waals surface area contributed by atoms with Crippen LogP contribution in [0.2, 0.25) is 0 Å². The van der Waals surface area contributed by atoms with Crippen molar-refractivity contribution < 1.29 is 90.0 Å². The first kappa shape index (κ1) is 103. The summed E-state index contributed by atoms with van der Waals surface area (Å²) in [6, 6.07) is 111. The van der Waals surface area contributed by atoms with Crippen molar-refractivity contribution in [3.8, 4) is 63.2 Å². The first-order chi connectivity index (χ1) is 71.5. The van der Waals surface area contributed by atoms with E-state index in [1.54, 1.807) is 35.5 Å². The molecule has 0 aliphatic heterocycles. The molecule has 0 aliphatic rings. The van der Waals surface area contributed by atoms with Crippen molar-refractivity contribution in [3.63, 3.8) is 0 Å². The van der Waals surface area contributed by atoms with Gasteiger partial charge in [0, 0.05) is 53.9 Å². The van der Waals surface area contributed by atoms with E-state index in [0.29, 0.717) is 111 Å². The molecule has 0 aliphatic carbocycles. The number of rotatable bonds is 41. The van der Waals surface area contributed by atoms with Crippen LogP contribution in [0.3, 0.4) is 0 Å². The number of fused-ring (bicyclic) bond motifs is 11. The molecule has 0 fully saturated rings. The minimum absolute atomic E-state index is 0.434. The highest BCUT2D eigenvalue weighted by Crippen LogP contribution is 2.46. The lowest BCUT2D eigenvalue weighted by Crippen LogP contribution is -2.05. The summed E-state index contributed by atoms with van der Waals surface area (Å²) in [5.41, 5.74) is 1.24. The van der Waals surface area contributed by atoms with Crippen molar-refractivity contribution in [3.05, 3.63) is 423 Å². The maximum Gasteiger partial charge on any atom is 0.168 e. The Balaban J connectivity index is 0.000000134. The van der Waals surface area contributed by atoms with Crippen molar-refractivity contribution in [2.24, 2.45) is 0 Å². The molecule has 19 heteroatoms. The topological polar surface area (TPSA) is 175 Å². The normalized spacial score (nSPS) is 10.6. The molecule has 0 radical (unpaired) electrons. The predicted octanol–water partition coefficient (Wildman–Crippen LogP) is 30.2. The lowest BCUT2D eigenvalue weighted by Gasteiger charge is -2.16. The van der Waals surface area contributed by atoms with Crippen LogP contribution < -0.4 is 52.1 Å². The molecule has 20 aromatic rings. The summed E-state index contributed by atoms with van der Waals surface area (Å²) in [5, 5.41) is 30.0. The molecule has 0 unspecified atom stereocenters. The molecule has 0 bridgehead atoms. The van der Waals surface area contributed by atoms with Crippen LogP contribution >= 0.6 is 0 Å². The third-order valence-electron chi connectivity index (χ3n) is 23.7. The fourth-order valence-corrected chi connectivity index (χ4v) is 17.1. The average molecular weight is 1940 g/mol. The van der Waals surface area contributed by atoms with E-state index in [4.69, 9.17) is 90.0 Å². The van der Waals surface area contributed by atoms with Gasteiger partial charge in [0.25, 0.3) is 0 Å². The first-order valence-corrected chi connectivity index (χ1v) is 47.6. The summed E-state index contributed by atoms with van der Waals surface area (Å²) in [6.07, 6.45) is 9.97. The largest absolute Gasteiger partial charge is 0.499 e. The van der Waals surface area contributed by atoms with Crippen molar-refractivity contribution in [2.75, 3.05) is 128 Å². The Morgan fingerprint density at radius 2 is 0.517 bits per heavy atom. The third kappa shape index (κ3) is 26.8. The molecule has 0 aromatic heterocycles. The van der Waals surface area contributed by atoms with Crippen LogP contribution in [0.25, 0.3) is 140 Å². The van der Waals surface area contributed by atoms with Gasteiger partial charge in [0.05, 0.1) is 92.6 Å². The molecule has 0 heterocycles. The Morgan fingerprint density at radius 3 is 1.01 bits per heavy atom. The highest BCUT2D eigenvalue weighted by atomic mass is 16.6. The fraction of sp³-hybridized carbons (Fsp3) is 0.159. The summed E-state index contributed by atoms with van der Waals surface area (Å²) in [6.45, 7) is 32.1. The number of benzene rings is 20. The highest BCUT2D eigenvalue weighted by molar-refractivity contribution is 6.24. The van der Waals surface area contributed by atoms with E-state index in [-0.39, 0.29) is 0 Å². The Labute approximate surface area is 845 Å². The number of hydrogen-bond acceptors (Lipinski definition) is 19. The number of hydrogen-bond donors (Lipinski definition) is 0. The van der Waals surface area contributed by atoms with Gasteiger partial charge in [-0.25, -0.2) is 0 Å². The molecule has 19 nitrogen and oxygen atoms in total. The summed E-state index contributed by atoms with van der Waals surface area (Å²) in [7, 11) is 8.30.